The van der Waals surface area contributed by atoms with Gasteiger partial charge in [-0.05, 0) is 12.8 Å². The first-order valence-electron chi connectivity index (χ1n) is 23.6. The van der Waals surface area contributed by atoms with E-state index in [1.165, 1.54) is 154 Å². The largest absolute Gasteiger partial charge is 0.462 e. The molecular weight excluding hydrogens is 712 g/mol. The highest BCUT2D eigenvalue weighted by Crippen LogP contribution is 2.23. The summed E-state index contributed by atoms with van der Waals surface area (Å²) >= 11 is 0. The molecule has 0 bridgehead atoms. The second kappa shape index (κ2) is 37.9. The molecule has 332 valence electrons. The van der Waals surface area contributed by atoms with Gasteiger partial charge in [0, 0.05) is 12.8 Å². The fraction of sp³-hybridized carbons (Fsp3) is 0.957. The Labute approximate surface area is 342 Å². The van der Waals surface area contributed by atoms with Gasteiger partial charge in [0.1, 0.15) is 31.0 Å². The highest BCUT2D eigenvalue weighted by atomic mass is 16.7. The van der Waals surface area contributed by atoms with Gasteiger partial charge in [0.15, 0.2) is 12.4 Å². The van der Waals surface area contributed by atoms with Crippen molar-refractivity contribution in [3.8, 4) is 0 Å². The molecule has 1 rings (SSSR count). The molecule has 1 heterocycles. The third-order valence-electron chi connectivity index (χ3n) is 11.2. The van der Waals surface area contributed by atoms with Crippen LogP contribution in [0, 0.1) is 0 Å². The molecule has 10 heteroatoms. The van der Waals surface area contributed by atoms with Crippen molar-refractivity contribution in [1.82, 2.24) is 0 Å². The van der Waals surface area contributed by atoms with Crippen molar-refractivity contribution in [3.05, 3.63) is 0 Å². The molecule has 56 heavy (non-hydrogen) atoms. The molecule has 4 N–H and O–H groups in total. The van der Waals surface area contributed by atoms with Gasteiger partial charge in [-0.3, -0.25) is 9.59 Å². The maximum atomic E-state index is 12.8. The third-order valence-corrected chi connectivity index (χ3v) is 11.2. The summed E-state index contributed by atoms with van der Waals surface area (Å²) in [6.45, 7) is 3.42. The zero-order valence-electron chi connectivity index (χ0n) is 36.2. The molecule has 0 aromatic rings. The van der Waals surface area contributed by atoms with Crippen molar-refractivity contribution >= 4 is 11.9 Å². The second-order valence-corrected chi connectivity index (χ2v) is 16.6. The highest BCUT2D eigenvalue weighted by molar-refractivity contribution is 5.70. The molecule has 0 spiro atoms. The third kappa shape index (κ3) is 29.0. The molecule has 1 aliphatic rings. The zero-order valence-corrected chi connectivity index (χ0v) is 36.2. The summed E-state index contributed by atoms with van der Waals surface area (Å²) in [5, 5.41) is 40.0. The van der Waals surface area contributed by atoms with Crippen LogP contribution in [0.2, 0.25) is 0 Å². The Morgan fingerprint density at radius 1 is 0.482 bits per heavy atom. The van der Waals surface area contributed by atoms with Gasteiger partial charge in [-0.1, -0.05) is 200 Å². The number of hydrogen-bond donors (Lipinski definition) is 4. The summed E-state index contributed by atoms with van der Waals surface area (Å²) in [6, 6.07) is 0. The van der Waals surface area contributed by atoms with Crippen LogP contribution in [0.15, 0.2) is 0 Å². The van der Waals surface area contributed by atoms with Gasteiger partial charge in [0.2, 0.25) is 0 Å². The maximum absolute atomic E-state index is 12.8. The topological polar surface area (TPSA) is 152 Å². The number of unbranched alkanes of at least 4 members (excludes halogenated alkanes) is 29. The van der Waals surface area contributed by atoms with Gasteiger partial charge < -0.3 is 39.4 Å². The van der Waals surface area contributed by atoms with Gasteiger partial charge in [-0.2, -0.15) is 0 Å². The van der Waals surface area contributed by atoms with Crippen molar-refractivity contribution in [3.63, 3.8) is 0 Å². The average Bonchev–Trinajstić information content (AvgIpc) is 3.19. The van der Waals surface area contributed by atoms with Gasteiger partial charge in [0.05, 0.1) is 13.2 Å². The predicted molar refractivity (Wildman–Crippen MR) is 224 cm³/mol. The molecule has 0 aliphatic carbocycles. The second-order valence-electron chi connectivity index (χ2n) is 16.6. The van der Waals surface area contributed by atoms with E-state index in [2.05, 4.69) is 13.8 Å². The molecule has 0 saturated carbocycles. The van der Waals surface area contributed by atoms with Crippen LogP contribution in [-0.2, 0) is 28.5 Å². The van der Waals surface area contributed by atoms with E-state index in [0.29, 0.717) is 6.42 Å². The quantitative estimate of drug-likeness (QED) is 0.0348. The van der Waals surface area contributed by atoms with Crippen molar-refractivity contribution in [2.24, 2.45) is 0 Å². The fourth-order valence-corrected chi connectivity index (χ4v) is 7.48. The van der Waals surface area contributed by atoms with E-state index < -0.39 is 49.4 Å². The fourth-order valence-electron chi connectivity index (χ4n) is 7.48. The Morgan fingerprint density at radius 2 is 0.839 bits per heavy atom. The maximum Gasteiger partial charge on any atom is 0.306 e. The Bertz CT molecular complexity index is 886. The summed E-state index contributed by atoms with van der Waals surface area (Å²) in [5.74, 6) is -0.797. The monoisotopic (exact) mass is 801 g/mol. The molecule has 1 fully saturated rings. The van der Waals surface area contributed by atoms with Gasteiger partial charge >= 0.3 is 11.9 Å². The molecule has 0 aromatic heterocycles. The molecule has 0 radical (unpaired) electrons. The Morgan fingerprint density at radius 3 is 1.21 bits per heavy atom. The lowest BCUT2D eigenvalue weighted by Gasteiger charge is -2.39. The van der Waals surface area contributed by atoms with E-state index in [0.717, 1.165) is 38.5 Å². The SMILES string of the molecule is CCCCCCCCCCCCCCCCCCCCCCCCCC(=O)OC(COC(=O)CCCCCCCCCC)COC1OC(CO)C(O)C(O)C1O. The van der Waals surface area contributed by atoms with Crippen LogP contribution in [0.4, 0.5) is 0 Å². The highest BCUT2D eigenvalue weighted by Gasteiger charge is 2.44. The normalized spacial score (nSPS) is 20.3. The van der Waals surface area contributed by atoms with Crippen LogP contribution >= 0.6 is 0 Å². The summed E-state index contributed by atoms with van der Waals surface area (Å²) in [7, 11) is 0. The minimum absolute atomic E-state index is 0.210. The molecule has 10 nitrogen and oxygen atoms in total. The molecule has 6 unspecified atom stereocenters. The molecule has 6 atom stereocenters. The number of carbonyl (C=O) groups is 2. The number of esters is 2. The van der Waals surface area contributed by atoms with E-state index in [1.807, 2.05) is 0 Å². The number of aliphatic hydroxyl groups is 4. The Kier molecular flexibility index (Phi) is 35.7. The lowest BCUT2D eigenvalue weighted by molar-refractivity contribution is -0.305. The van der Waals surface area contributed by atoms with Crippen LogP contribution in [-0.4, -0.2) is 89.0 Å². The van der Waals surface area contributed by atoms with Crippen molar-refractivity contribution in [2.45, 2.75) is 263 Å². The van der Waals surface area contributed by atoms with Crippen LogP contribution in [0.1, 0.15) is 226 Å². The Balaban J connectivity index is 2.19. The molecule has 0 aromatic carbocycles. The van der Waals surface area contributed by atoms with E-state index in [4.69, 9.17) is 18.9 Å². The number of rotatable bonds is 40. The minimum atomic E-state index is -1.59. The van der Waals surface area contributed by atoms with Crippen LogP contribution in [0.3, 0.4) is 0 Å². The predicted octanol–water partition coefficient (Wildman–Crippen LogP) is 10.2. The van der Waals surface area contributed by atoms with E-state index in [9.17, 15) is 30.0 Å². The summed E-state index contributed by atoms with van der Waals surface area (Å²) in [5.41, 5.74) is 0. The van der Waals surface area contributed by atoms with Crippen molar-refractivity contribution in [1.29, 1.82) is 0 Å². The summed E-state index contributed by atoms with van der Waals surface area (Å²) < 4.78 is 22.1. The van der Waals surface area contributed by atoms with Crippen molar-refractivity contribution < 1.29 is 49.0 Å². The summed E-state index contributed by atoms with van der Waals surface area (Å²) in [4.78, 5) is 25.2. The number of ether oxygens (including phenoxy) is 4. The Hall–Kier alpha value is -1.30. The lowest BCUT2D eigenvalue weighted by atomic mass is 9.99. The van der Waals surface area contributed by atoms with E-state index >= 15 is 0 Å². The minimum Gasteiger partial charge on any atom is -0.462 e. The first-order chi connectivity index (χ1) is 27.3. The van der Waals surface area contributed by atoms with Gasteiger partial charge in [-0.25, -0.2) is 0 Å². The van der Waals surface area contributed by atoms with Crippen LogP contribution in [0.25, 0.3) is 0 Å². The number of aliphatic hydroxyl groups excluding tert-OH is 4. The summed E-state index contributed by atoms with van der Waals surface area (Å²) in [6.07, 6.45) is 31.4. The van der Waals surface area contributed by atoms with E-state index in [-0.39, 0.29) is 32.0 Å². The van der Waals surface area contributed by atoms with Crippen LogP contribution < -0.4 is 0 Å². The number of hydrogen-bond acceptors (Lipinski definition) is 10. The number of carbonyl (C=O) groups excluding carboxylic acids is 2. The lowest BCUT2D eigenvalue weighted by Crippen LogP contribution is -2.59. The standard InChI is InChI=1S/C46H88O10/c1-3-5-7-9-11-13-14-15-16-17-18-19-20-21-22-23-24-25-26-27-29-31-33-35-42(49)55-39(37-53-41(48)34-32-30-28-12-10-8-6-4-2)38-54-46-45(52)44(51)43(50)40(36-47)56-46/h39-40,43-47,50-52H,3-38H2,1-2H3. The van der Waals surface area contributed by atoms with Gasteiger partial charge in [0.25, 0.3) is 0 Å². The van der Waals surface area contributed by atoms with E-state index in [1.54, 1.807) is 0 Å². The first-order valence-corrected chi connectivity index (χ1v) is 23.6. The smallest absolute Gasteiger partial charge is 0.306 e. The molecule has 1 aliphatic heterocycles. The van der Waals surface area contributed by atoms with Crippen LogP contribution in [0.5, 0.6) is 0 Å². The van der Waals surface area contributed by atoms with Gasteiger partial charge in [-0.15, -0.1) is 0 Å². The molecular formula is C46H88O10. The first kappa shape index (κ1) is 52.7. The zero-order chi connectivity index (χ0) is 40.9. The molecule has 0 amide bonds. The van der Waals surface area contributed by atoms with Crippen molar-refractivity contribution in [2.75, 3.05) is 19.8 Å². The average molecular weight is 801 g/mol. The molecule has 1 saturated heterocycles.